The molecule has 31 heavy (non-hydrogen) atoms. The van der Waals surface area contributed by atoms with Gasteiger partial charge in [-0.3, -0.25) is 4.99 Å². The molecule has 2 aromatic carbocycles. The number of ether oxygens (including phenoxy) is 2. The van der Waals surface area contributed by atoms with Crippen molar-refractivity contribution in [3.05, 3.63) is 81.6 Å². The van der Waals surface area contributed by atoms with Crippen molar-refractivity contribution in [3.8, 4) is 5.69 Å². The summed E-state index contributed by atoms with van der Waals surface area (Å²) in [4.78, 5) is 28.1. The van der Waals surface area contributed by atoms with Gasteiger partial charge in [0.15, 0.2) is 0 Å². The Bertz CT molecular complexity index is 1150. The number of hydrogen-bond donors (Lipinski definition) is 0. The van der Waals surface area contributed by atoms with Gasteiger partial charge in [-0.15, -0.1) is 0 Å². The summed E-state index contributed by atoms with van der Waals surface area (Å²) in [5.41, 5.74) is 5.19. The van der Waals surface area contributed by atoms with Crippen molar-refractivity contribution in [2.45, 2.75) is 20.8 Å². The molecule has 160 valence electrons. The van der Waals surface area contributed by atoms with Crippen LogP contribution in [-0.2, 0) is 9.47 Å². The van der Waals surface area contributed by atoms with Gasteiger partial charge in [-0.05, 0) is 69.3 Å². The maximum absolute atomic E-state index is 11.9. The number of esters is 2. The van der Waals surface area contributed by atoms with Crippen LogP contribution in [-0.4, -0.2) is 36.4 Å². The van der Waals surface area contributed by atoms with Crippen LogP contribution in [0.4, 0.5) is 5.69 Å². The molecule has 0 aliphatic carbocycles. The van der Waals surface area contributed by atoms with Crippen LogP contribution < -0.4 is 0 Å². The molecule has 0 unspecified atom stereocenters. The van der Waals surface area contributed by atoms with Crippen LogP contribution in [0.5, 0.6) is 0 Å². The lowest BCUT2D eigenvalue weighted by molar-refractivity contribution is 0.0525. The van der Waals surface area contributed by atoms with Gasteiger partial charge >= 0.3 is 11.9 Å². The zero-order valence-electron chi connectivity index (χ0n) is 17.8. The number of aromatic nitrogens is 1. The van der Waals surface area contributed by atoms with Crippen LogP contribution in [0.1, 0.15) is 44.6 Å². The average Bonchev–Trinajstić information content (AvgIpc) is 3.05. The molecule has 0 N–H and O–H groups in total. The van der Waals surface area contributed by atoms with Crippen molar-refractivity contribution in [2.75, 3.05) is 13.7 Å². The van der Waals surface area contributed by atoms with Crippen molar-refractivity contribution >= 4 is 35.4 Å². The minimum absolute atomic E-state index is 0.339. The Morgan fingerprint density at radius 3 is 2.35 bits per heavy atom. The first kappa shape index (κ1) is 22.3. The predicted molar refractivity (Wildman–Crippen MR) is 121 cm³/mol. The molecule has 1 heterocycles. The normalized spacial score (nSPS) is 11.0. The summed E-state index contributed by atoms with van der Waals surface area (Å²) < 4.78 is 11.9. The number of aryl methyl sites for hydroxylation is 1. The fourth-order valence-electron chi connectivity index (χ4n) is 3.27. The number of nitrogens with zero attached hydrogens (tertiary/aromatic N) is 2. The van der Waals surface area contributed by atoms with Gasteiger partial charge in [-0.1, -0.05) is 11.6 Å². The number of aliphatic imine (C=N–C) groups is 1. The van der Waals surface area contributed by atoms with E-state index in [2.05, 4.69) is 9.56 Å². The maximum Gasteiger partial charge on any atom is 0.338 e. The Hall–Kier alpha value is -3.38. The number of methoxy groups -OCH3 is 1. The molecular formula is C24H23ClN2O4. The SMILES string of the molecule is CCOC(=O)c1ccc(-n2c(C)cc(C=Nc3cc(C(=O)OC)ccc3Cl)c2C)cc1. The summed E-state index contributed by atoms with van der Waals surface area (Å²) in [7, 11) is 1.33. The first-order chi connectivity index (χ1) is 14.8. The van der Waals surface area contributed by atoms with E-state index in [0.717, 1.165) is 22.6 Å². The van der Waals surface area contributed by atoms with Gasteiger partial charge in [0.05, 0.1) is 35.6 Å². The van der Waals surface area contributed by atoms with Gasteiger partial charge in [-0.2, -0.15) is 0 Å². The van der Waals surface area contributed by atoms with E-state index in [1.807, 2.05) is 32.0 Å². The standard InChI is InChI=1S/C24H23ClN2O4/c1-5-31-24(29)17-6-9-20(10-7-17)27-15(2)12-19(16(27)3)14-26-22-13-18(23(28)30-4)8-11-21(22)25/h6-14H,5H2,1-4H3. The Labute approximate surface area is 186 Å². The molecule has 6 nitrogen and oxygen atoms in total. The Morgan fingerprint density at radius 2 is 1.71 bits per heavy atom. The van der Waals surface area contributed by atoms with Gasteiger partial charge in [-0.25, -0.2) is 9.59 Å². The molecule has 3 rings (SSSR count). The molecule has 0 atom stereocenters. The molecule has 0 saturated carbocycles. The molecule has 3 aromatic rings. The first-order valence-electron chi connectivity index (χ1n) is 9.74. The van der Waals surface area contributed by atoms with Crippen LogP contribution >= 0.6 is 11.6 Å². The highest BCUT2D eigenvalue weighted by atomic mass is 35.5. The zero-order chi connectivity index (χ0) is 22.5. The third kappa shape index (κ3) is 4.86. The molecule has 0 amide bonds. The highest BCUT2D eigenvalue weighted by molar-refractivity contribution is 6.33. The van der Waals surface area contributed by atoms with Crippen molar-refractivity contribution in [1.82, 2.24) is 4.57 Å². The van der Waals surface area contributed by atoms with E-state index in [4.69, 9.17) is 21.1 Å². The first-order valence-corrected chi connectivity index (χ1v) is 10.1. The quantitative estimate of drug-likeness (QED) is 0.378. The smallest absolute Gasteiger partial charge is 0.338 e. The molecule has 0 fully saturated rings. The molecule has 7 heteroatoms. The van der Waals surface area contributed by atoms with Gasteiger partial charge in [0, 0.05) is 28.9 Å². The highest BCUT2D eigenvalue weighted by Crippen LogP contribution is 2.27. The minimum atomic E-state index is -0.447. The molecule has 0 saturated heterocycles. The largest absolute Gasteiger partial charge is 0.465 e. The lowest BCUT2D eigenvalue weighted by Crippen LogP contribution is -2.05. The minimum Gasteiger partial charge on any atom is -0.465 e. The van der Waals surface area contributed by atoms with Crippen molar-refractivity contribution < 1.29 is 19.1 Å². The lowest BCUT2D eigenvalue weighted by Gasteiger charge is -2.10. The summed E-state index contributed by atoms with van der Waals surface area (Å²) in [5.74, 6) is -0.786. The van der Waals surface area contributed by atoms with E-state index < -0.39 is 5.97 Å². The summed E-state index contributed by atoms with van der Waals surface area (Å²) in [6.07, 6.45) is 1.72. The molecule has 0 radical (unpaired) electrons. The van der Waals surface area contributed by atoms with Crippen LogP contribution in [0.3, 0.4) is 0 Å². The van der Waals surface area contributed by atoms with Crippen LogP contribution in [0, 0.1) is 13.8 Å². The van der Waals surface area contributed by atoms with E-state index in [1.165, 1.54) is 7.11 Å². The van der Waals surface area contributed by atoms with E-state index >= 15 is 0 Å². The fourth-order valence-corrected chi connectivity index (χ4v) is 3.44. The Balaban J connectivity index is 1.90. The monoisotopic (exact) mass is 438 g/mol. The summed E-state index contributed by atoms with van der Waals surface area (Å²) in [6, 6.07) is 14.1. The summed E-state index contributed by atoms with van der Waals surface area (Å²) in [5, 5.41) is 0.437. The lowest BCUT2D eigenvalue weighted by atomic mass is 10.2. The van der Waals surface area contributed by atoms with Gasteiger partial charge in [0.1, 0.15) is 0 Å². The third-order valence-corrected chi connectivity index (χ3v) is 5.14. The molecule has 0 spiro atoms. The fraction of sp³-hybridized carbons (Fsp3) is 0.208. The Morgan fingerprint density at radius 1 is 1.03 bits per heavy atom. The van der Waals surface area contributed by atoms with Gasteiger partial charge in [0.25, 0.3) is 0 Å². The number of halogens is 1. The van der Waals surface area contributed by atoms with E-state index in [-0.39, 0.29) is 5.97 Å². The number of hydrogen-bond acceptors (Lipinski definition) is 5. The summed E-state index contributed by atoms with van der Waals surface area (Å²) in [6.45, 7) is 6.10. The van der Waals surface area contributed by atoms with Crippen LogP contribution in [0.25, 0.3) is 5.69 Å². The number of rotatable bonds is 6. The second kappa shape index (κ2) is 9.62. The second-order valence-corrected chi connectivity index (χ2v) is 7.25. The number of carbonyl (C=O) groups excluding carboxylic acids is 2. The van der Waals surface area contributed by atoms with E-state index in [9.17, 15) is 9.59 Å². The number of carbonyl (C=O) groups is 2. The van der Waals surface area contributed by atoms with Crippen LogP contribution in [0.2, 0.25) is 5.02 Å². The molecule has 0 aliphatic heterocycles. The topological polar surface area (TPSA) is 69.9 Å². The average molecular weight is 439 g/mol. The highest BCUT2D eigenvalue weighted by Gasteiger charge is 2.12. The summed E-state index contributed by atoms with van der Waals surface area (Å²) >= 11 is 6.24. The van der Waals surface area contributed by atoms with Crippen molar-refractivity contribution in [1.29, 1.82) is 0 Å². The van der Waals surface area contributed by atoms with Crippen molar-refractivity contribution in [3.63, 3.8) is 0 Å². The van der Waals surface area contributed by atoms with E-state index in [0.29, 0.717) is 28.4 Å². The van der Waals surface area contributed by atoms with E-state index in [1.54, 1.807) is 43.5 Å². The zero-order valence-corrected chi connectivity index (χ0v) is 18.6. The third-order valence-electron chi connectivity index (χ3n) is 4.82. The number of benzene rings is 2. The molecular weight excluding hydrogens is 416 g/mol. The Kier molecular flexibility index (Phi) is 6.92. The van der Waals surface area contributed by atoms with Gasteiger partial charge < -0.3 is 14.0 Å². The molecule has 0 bridgehead atoms. The van der Waals surface area contributed by atoms with Gasteiger partial charge in [0.2, 0.25) is 0 Å². The second-order valence-electron chi connectivity index (χ2n) is 6.85. The van der Waals surface area contributed by atoms with Crippen LogP contribution in [0.15, 0.2) is 53.5 Å². The molecule has 1 aromatic heterocycles. The molecule has 0 aliphatic rings. The predicted octanol–water partition coefficient (Wildman–Crippen LogP) is 5.46. The maximum atomic E-state index is 11.9. The van der Waals surface area contributed by atoms with Crippen molar-refractivity contribution in [2.24, 2.45) is 4.99 Å².